The average Bonchev–Trinajstić information content (AvgIpc) is 2.82. The summed E-state index contributed by atoms with van der Waals surface area (Å²) in [6.07, 6.45) is -17.7. The van der Waals surface area contributed by atoms with Crippen molar-refractivity contribution in [1.82, 2.24) is 0 Å². The van der Waals surface area contributed by atoms with Gasteiger partial charge in [0.15, 0.2) is 6.61 Å². The van der Waals surface area contributed by atoms with Crippen molar-refractivity contribution in [3.8, 4) is 0 Å². The molecule has 1 fully saturated rings. The molecule has 0 saturated heterocycles. The lowest BCUT2D eigenvalue weighted by molar-refractivity contribution is -0.482. The normalized spacial score (nSPS) is 29.3. The SMILES string of the molecule is C=CC(=O)OCC(F)(F)OC(F)(F)C(F)(F)OC.CCC1(F)C(F)(F)C(F)(C(C)(F)F)C(F)(F)C(F)(C(C)(F)F)C1(F)F. The van der Waals surface area contributed by atoms with Gasteiger partial charge in [0.25, 0.3) is 11.8 Å². The Morgan fingerprint density at radius 1 is 0.698 bits per heavy atom. The van der Waals surface area contributed by atoms with Gasteiger partial charge in [0.05, 0.1) is 0 Å². The Hall–Kier alpha value is -2.20. The minimum atomic E-state index is -7.39. The smallest absolute Gasteiger partial charge is 0.452 e. The second-order valence-corrected chi connectivity index (χ2v) is 8.76. The molecule has 2 unspecified atom stereocenters. The van der Waals surface area contributed by atoms with E-state index < -0.39 is 97.8 Å². The predicted octanol–water partition coefficient (Wildman–Crippen LogP) is 7.91. The molecule has 0 aliphatic heterocycles. The van der Waals surface area contributed by atoms with E-state index >= 15 is 0 Å². The van der Waals surface area contributed by atoms with Gasteiger partial charge in [-0.3, -0.25) is 0 Å². The van der Waals surface area contributed by atoms with E-state index in [4.69, 9.17) is 0 Å². The number of ether oxygens (including phenoxy) is 3. The van der Waals surface area contributed by atoms with Gasteiger partial charge in [0, 0.05) is 27.0 Å². The summed E-state index contributed by atoms with van der Waals surface area (Å²) in [4.78, 5) is 10.4. The number of methoxy groups -OCH3 is 1. The number of alkyl halides is 19. The van der Waals surface area contributed by atoms with E-state index in [9.17, 15) is 88.2 Å². The van der Waals surface area contributed by atoms with Gasteiger partial charge >= 0.3 is 53.4 Å². The Labute approximate surface area is 228 Å². The topological polar surface area (TPSA) is 44.8 Å². The molecule has 0 radical (unpaired) electrons. The van der Waals surface area contributed by atoms with Gasteiger partial charge in [0.1, 0.15) is 0 Å². The highest BCUT2D eigenvalue weighted by Crippen LogP contribution is 2.74. The van der Waals surface area contributed by atoms with E-state index in [-0.39, 0.29) is 14.0 Å². The van der Waals surface area contributed by atoms with Crippen molar-refractivity contribution in [1.29, 1.82) is 0 Å². The van der Waals surface area contributed by atoms with Crippen molar-refractivity contribution in [3.63, 3.8) is 0 Å². The van der Waals surface area contributed by atoms with E-state index in [0.29, 0.717) is 6.08 Å². The third kappa shape index (κ3) is 5.83. The number of halogens is 19. The molecule has 1 saturated carbocycles. The Balaban J connectivity index is 0.000000869. The van der Waals surface area contributed by atoms with Crippen molar-refractivity contribution in [2.75, 3.05) is 13.7 Å². The molecule has 4 nitrogen and oxygen atoms in total. The van der Waals surface area contributed by atoms with Gasteiger partial charge in [-0.05, 0) is 6.42 Å². The highest BCUT2D eigenvalue weighted by molar-refractivity contribution is 5.81. The standard InChI is InChI=1S/C12H11F13.C8H8F6O4/c1-4-7(17)10(20,21)8(18,5(2,13)14)12(24,25)9(19,6(3,15)16)11(7,22)23;1-3-5(15)17-4-6(9,10)18-8(13,14)7(11,12)16-2/h4H2,1-3H3;3H,1,4H2,2H3. The number of carbonyl (C=O) groups is 1. The van der Waals surface area contributed by atoms with Crippen LogP contribution in [0.15, 0.2) is 12.7 Å². The van der Waals surface area contributed by atoms with Crippen LogP contribution in [0.2, 0.25) is 0 Å². The van der Waals surface area contributed by atoms with Crippen molar-refractivity contribution < 1.29 is 102 Å². The van der Waals surface area contributed by atoms with Crippen LogP contribution in [0.4, 0.5) is 83.4 Å². The fourth-order valence-electron chi connectivity index (χ4n) is 3.53. The molecule has 2 atom stereocenters. The first kappa shape index (κ1) is 40.8. The molecular formula is C20H19F19O4. The van der Waals surface area contributed by atoms with Crippen LogP contribution in [0.1, 0.15) is 27.2 Å². The van der Waals surface area contributed by atoms with Crippen molar-refractivity contribution >= 4 is 5.97 Å². The van der Waals surface area contributed by atoms with Crippen LogP contribution in [0.3, 0.4) is 0 Å². The van der Waals surface area contributed by atoms with Crippen LogP contribution in [-0.4, -0.2) is 84.6 Å². The molecule has 0 aromatic rings. The molecule has 0 aromatic carbocycles. The minimum Gasteiger partial charge on any atom is -0.453 e. The maximum Gasteiger partial charge on any atom is 0.452 e. The lowest BCUT2D eigenvalue weighted by Crippen LogP contribution is -2.91. The van der Waals surface area contributed by atoms with E-state index in [2.05, 4.69) is 20.8 Å². The van der Waals surface area contributed by atoms with Crippen LogP contribution < -0.4 is 0 Å². The average molecular weight is 684 g/mol. The number of esters is 1. The van der Waals surface area contributed by atoms with Gasteiger partial charge in [0.2, 0.25) is 5.67 Å². The van der Waals surface area contributed by atoms with Crippen LogP contribution >= 0.6 is 0 Å². The van der Waals surface area contributed by atoms with Crippen LogP contribution in [-0.2, 0) is 19.0 Å². The fraction of sp³-hybridized carbons (Fsp3) is 0.850. The van der Waals surface area contributed by atoms with E-state index in [1.807, 2.05) is 0 Å². The predicted molar refractivity (Wildman–Crippen MR) is 102 cm³/mol. The molecule has 1 rings (SSSR count). The first-order chi connectivity index (χ1) is 18.5. The summed E-state index contributed by atoms with van der Waals surface area (Å²) in [6.45, 7) is -1.14. The lowest BCUT2D eigenvalue weighted by Gasteiger charge is -2.59. The quantitative estimate of drug-likeness (QED) is 0.133. The highest BCUT2D eigenvalue weighted by atomic mass is 19.3. The number of carbonyl (C=O) groups excluding carboxylic acids is 1. The maximum atomic E-state index is 14.3. The van der Waals surface area contributed by atoms with Gasteiger partial charge in [-0.15, -0.1) is 0 Å². The third-order valence-electron chi connectivity index (χ3n) is 5.84. The first-order valence-corrected chi connectivity index (χ1v) is 10.7. The Morgan fingerprint density at radius 2 is 1.05 bits per heavy atom. The second-order valence-electron chi connectivity index (χ2n) is 8.76. The monoisotopic (exact) mass is 684 g/mol. The first-order valence-electron chi connectivity index (χ1n) is 10.7. The molecular weight excluding hydrogens is 665 g/mol. The highest BCUT2D eigenvalue weighted by Gasteiger charge is 3.04. The molecule has 0 bridgehead atoms. The number of rotatable bonds is 10. The Kier molecular flexibility index (Phi) is 10.7. The summed E-state index contributed by atoms with van der Waals surface area (Å²) < 4.78 is 264. The summed E-state index contributed by atoms with van der Waals surface area (Å²) in [7, 11) is 0.174. The van der Waals surface area contributed by atoms with Crippen molar-refractivity contribution in [3.05, 3.63) is 12.7 Å². The van der Waals surface area contributed by atoms with Crippen molar-refractivity contribution in [2.24, 2.45) is 0 Å². The van der Waals surface area contributed by atoms with Crippen LogP contribution in [0.5, 0.6) is 0 Å². The third-order valence-corrected chi connectivity index (χ3v) is 5.84. The summed E-state index contributed by atoms with van der Waals surface area (Å²) in [5.74, 6) is -34.8. The summed E-state index contributed by atoms with van der Waals surface area (Å²) in [5.41, 5.74) is -20.1. The molecule has 0 spiro atoms. The number of hydrogen-bond acceptors (Lipinski definition) is 4. The van der Waals surface area contributed by atoms with E-state index in [1.165, 1.54) is 0 Å². The molecule has 23 heteroatoms. The molecule has 256 valence electrons. The van der Waals surface area contributed by atoms with E-state index in [1.54, 1.807) is 0 Å². The zero-order valence-corrected chi connectivity index (χ0v) is 21.5. The zero-order chi connectivity index (χ0) is 35.3. The molecule has 1 aliphatic carbocycles. The minimum absolute atomic E-state index is 0.0216. The summed E-state index contributed by atoms with van der Waals surface area (Å²) in [6, 6.07) is 0. The fourth-order valence-corrected chi connectivity index (χ4v) is 3.53. The molecule has 43 heavy (non-hydrogen) atoms. The molecule has 0 amide bonds. The van der Waals surface area contributed by atoms with Gasteiger partial charge in [-0.1, -0.05) is 13.5 Å². The van der Waals surface area contributed by atoms with Gasteiger partial charge in [-0.2, -0.15) is 52.7 Å². The maximum absolute atomic E-state index is 14.3. The zero-order valence-electron chi connectivity index (χ0n) is 21.5. The molecule has 0 N–H and O–H groups in total. The summed E-state index contributed by atoms with van der Waals surface area (Å²) >= 11 is 0. The van der Waals surface area contributed by atoms with Crippen molar-refractivity contribution in [2.45, 2.75) is 92.1 Å². The summed E-state index contributed by atoms with van der Waals surface area (Å²) in [5, 5.41) is 0. The Bertz CT molecular complexity index is 977. The molecule has 1 aliphatic rings. The molecule has 0 aromatic heterocycles. The van der Waals surface area contributed by atoms with Crippen LogP contribution in [0, 0.1) is 0 Å². The second kappa shape index (κ2) is 11.3. The van der Waals surface area contributed by atoms with Gasteiger partial charge in [-0.25, -0.2) is 40.3 Å². The molecule has 0 heterocycles. The Morgan fingerprint density at radius 3 is 1.30 bits per heavy atom. The van der Waals surface area contributed by atoms with E-state index in [0.717, 1.165) is 0 Å². The number of hydrogen-bond donors (Lipinski definition) is 0. The van der Waals surface area contributed by atoms with Gasteiger partial charge < -0.3 is 9.47 Å². The van der Waals surface area contributed by atoms with Crippen LogP contribution in [0.25, 0.3) is 0 Å². The largest absolute Gasteiger partial charge is 0.453 e. The lowest BCUT2D eigenvalue weighted by atomic mass is 9.58.